The molecule has 1 saturated heterocycles. The number of nitrogens with zero attached hydrogens (tertiary/aromatic N) is 6. The molecule has 32 nitrogen and oxygen atoms in total. The molecule has 0 unspecified atom stereocenters. The molecule has 4 rings (SSSR count). The Labute approximate surface area is 444 Å². The number of aliphatic hydroxyl groups excluding tert-OH is 3. The van der Waals surface area contributed by atoms with Gasteiger partial charge in [-0.2, -0.15) is 19.9 Å². The lowest BCUT2D eigenvalue weighted by Gasteiger charge is -2.46. The maximum Gasteiger partial charge on any atom is 0.349 e. The Morgan fingerprint density at radius 2 is 1.47 bits per heavy atom. The third kappa shape index (κ3) is 19.3. The standard InChI is InChI=1S/C42H74N20O12S2/c43-15-24-29(66)30(67)27(47)38(73-24)74-31-20(45)13-19(44)28(65)32(31)72-11-3-1-2-4-12-75-76-17-23(34(49)68)57-36(69)21(7-5-9-54-39(50)51)56-37(70)22(14-25(46)63)55-26(64)8-6-10-62-16-18(33(48)58-42(62)71)35-59-40(52)61-41(53)60-35/h16,19-24,27-32,38,65-67H,1-15,17,43-45,47H2,(H2,46,63)(H2,49,68)(H,55,64)(H,56,70)(H,57,69)(H2,48,58,71)(H4,50,51,54)(H4,52,53,59,60,61)/t19-,20+,21+,22+,23+,24-,27-,28+,29-,30-,31-,32-,38-/m1/s1. The second-order valence-electron chi connectivity index (χ2n) is 18.1. The highest BCUT2D eigenvalue weighted by atomic mass is 33.1. The van der Waals surface area contributed by atoms with E-state index in [4.69, 9.17) is 77.3 Å². The summed E-state index contributed by atoms with van der Waals surface area (Å²) in [4.78, 5) is 96.9. The zero-order chi connectivity index (χ0) is 56.2. The fraction of sp³-hybridized carbons (Fsp3) is 0.690. The summed E-state index contributed by atoms with van der Waals surface area (Å²) in [6.45, 7) is 0.138. The Morgan fingerprint density at radius 3 is 2.13 bits per heavy atom. The minimum Gasteiger partial charge on any atom is -0.389 e. The van der Waals surface area contributed by atoms with Crippen LogP contribution in [0.15, 0.2) is 16.0 Å². The molecule has 2 aliphatic rings. The van der Waals surface area contributed by atoms with Crippen LogP contribution in [0.2, 0.25) is 0 Å². The highest BCUT2D eigenvalue weighted by Gasteiger charge is 2.49. The number of unbranched alkanes of at least 4 members (excludes halogenated alkanes) is 3. The van der Waals surface area contributed by atoms with Crippen LogP contribution in [0.1, 0.15) is 64.2 Å². The molecular weight excluding hydrogens is 1040 g/mol. The predicted octanol–water partition coefficient (Wildman–Crippen LogP) is -7.65. The molecule has 3 heterocycles. The largest absolute Gasteiger partial charge is 0.389 e. The third-order valence-corrected chi connectivity index (χ3v) is 14.6. The molecule has 76 heavy (non-hydrogen) atoms. The number of aliphatic hydroxyl groups is 3. The summed E-state index contributed by atoms with van der Waals surface area (Å²) >= 11 is 0. The van der Waals surface area contributed by atoms with Crippen LogP contribution in [0.4, 0.5) is 17.7 Å². The number of nitrogen functional groups attached to an aromatic ring is 3. The summed E-state index contributed by atoms with van der Waals surface area (Å²) in [6.07, 6.45) is -4.06. The van der Waals surface area contributed by atoms with Gasteiger partial charge >= 0.3 is 5.69 Å². The van der Waals surface area contributed by atoms with Crippen molar-refractivity contribution in [2.45, 2.75) is 150 Å². The number of amides is 5. The summed E-state index contributed by atoms with van der Waals surface area (Å²) in [5.74, 6) is -4.36. The van der Waals surface area contributed by atoms with E-state index >= 15 is 0 Å². The number of nitrogens with two attached hydrogens (primary N) is 11. The Bertz CT molecular complexity index is 2320. The van der Waals surface area contributed by atoms with Crippen molar-refractivity contribution in [2.75, 3.05) is 48.4 Å². The van der Waals surface area contributed by atoms with Crippen LogP contribution < -0.4 is 84.7 Å². The van der Waals surface area contributed by atoms with Gasteiger partial charge in [0.2, 0.25) is 41.4 Å². The maximum absolute atomic E-state index is 13.7. The molecule has 0 radical (unpaired) electrons. The topological polar surface area (TPSA) is 582 Å². The predicted molar refractivity (Wildman–Crippen MR) is 281 cm³/mol. The minimum atomic E-state index is -1.54. The quantitative estimate of drug-likeness (QED) is 0.0144. The van der Waals surface area contributed by atoms with Crippen LogP contribution in [0.25, 0.3) is 11.4 Å². The van der Waals surface area contributed by atoms with Crippen molar-refractivity contribution < 1.29 is 53.5 Å². The van der Waals surface area contributed by atoms with Gasteiger partial charge in [0.1, 0.15) is 54.5 Å². The number of hydrogen-bond acceptors (Lipinski definition) is 26. The van der Waals surface area contributed by atoms with Gasteiger partial charge in [0.25, 0.3) is 0 Å². The first kappa shape index (κ1) is 62.7. The van der Waals surface area contributed by atoms with Crippen molar-refractivity contribution in [1.29, 1.82) is 0 Å². The molecular formula is C42H74N20O12S2. The minimum absolute atomic E-state index is 0.0317. The summed E-state index contributed by atoms with van der Waals surface area (Å²) in [7, 11) is 2.74. The average molecular weight is 1120 g/mol. The number of primary amides is 2. The van der Waals surface area contributed by atoms with Crippen LogP contribution >= 0.6 is 21.6 Å². The number of guanidine groups is 1. The molecule has 5 amide bonds. The number of anilines is 3. The molecule has 2 aromatic rings. The molecule has 1 saturated carbocycles. The normalized spacial score (nSPS) is 24.6. The number of aliphatic imine (C=N–C) groups is 1. The van der Waals surface area contributed by atoms with E-state index in [2.05, 4.69) is 40.9 Å². The van der Waals surface area contributed by atoms with E-state index in [9.17, 15) is 44.1 Å². The van der Waals surface area contributed by atoms with Crippen molar-refractivity contribution in [3.8, 4) is 11.4 Å². The van der Waals surface area contributed by atoms with Gasteiger partial charge in [-0.15, -0.1) is 0 Å². The van der Waals surface area contributed by atoms with E-state index in [1.54, 1.807) is 0 Å². The second-order valence-corrected chi connectivity index (χ2v) is 20.7. The van der Waals surface area contributed by atoms with Gasteiger partial charge in [0.05, 0.1) is 24.1 Å². The van der Waals surface area contributed by atoms with E-state index < -0.39 is 121 Å². The number of rotatable bonds is 31. The highest BCUT2D eigenvalue weighted by Crippen LogP contribution is 2.29. The highest BCUT2D eigenvalue weighted by molar-refractivity contribution is 8.76. The van der Waals surface area contributed by atoms with Gasteiger partial charge in [-0.1, -0.05) is 34.4 Å². The first-order valence-corrected chi connectivity index (χ1v) is 26.8. The summed E-state index contributed by atoms with van der Waals surface area (Å²) < 4.78 is 19.0. The van der Waals surface area contributed by atoms with Crippen molar-refractivity contribution in [3.05, 3.63) is 16.7 Å². The number of ether oxygens (including phenoxy) is 3. The molecule has 13 atom stereocenters. The number of aryl methyl sites for hydroxylation is 1. The van der Waals surface area contributed by atoms with Crippen LogP contribution in [-0.4, -0.2) is 186 Å². The van der Waals surface area contributed by atoms with Crippen molar-refractivity contribution >= 4 is 74.8 Å². The molecule has 2 fully saturated rings. The molecule has 34 heteroatoms. The summed E-state index contributed by atoms with van der Waals surface area (Å²) in [5, 5.41) is 39.2. The first-order valence-electron chi connectivity index (χ1n) is 24.4. The third-order valence-electron chi connectivity index (χ3n) is 12.1. The Balaban J connectivity index is 1.25. The van der Waals surface area contributed by atoms with Gasteiger partial charge in [-0.25, -0.2) is 4.79 Å². The van der Waals surface area contributed by atoms with Crippen LogP contribution in [-0.2, 0) is 44.7 Å². The molecule has 0 bridgehead atoms. The molecule has 2 aromatic heterocycles. The lowest BCUT2D eigenvalue weighted by atomic mass is 9.84. The van der Waals surface area contributed by atoms with Gasteiger partial charge in [0.15, 0.2) is 18.1 Å². The molecule has 426 valence electrons. The number of carbonyl (C=O) groups is 5. The summed E-state index contributed by atoms with van der Waals surface area (Å²) in [5.41, 5.74) is 62.9. The average Bonchev–Trinajstić information content (AvgIpc) is 3.34. The summed E-state index contributed by atoms with van der Waals surface area (Å²) in [6, 6.07) is -6.50. The van der Waals surface area contributed by atoms with Crippen LogP contribution in [0.5, 0.6) is 0 Å². The zero-order valence-electron chi connectivity index (χ0n) is 41.8. The lowest BCUT2D eigenvalue weighted by molar-refractivity contribution is -0.291. The van der Waals surface area contributed by atoms with Gasteiger partial charge in [-0.3, -0.25) is 33.5 Å². The van der Waals surface area contributed by atoms with E-state index in [1.165, 1.54) is 27.8 Å². The molecule has 1 aliphatic heterocycles. The Kier molecular flexibility index (Phi) is 25.4. The number of hydrogen-bond donors (Lipinski definition) is 17. The monoisotopic (exact) mass is 1110 g/mol. The number of nitrogens with one attached hydrogen (secondary N) is 3. The SMILES string of the molecule is NC[C@H]1O[C@H](O[C@H]2[C@H](OCCCCCCSSC[C@H](NC(=O)[C@H](CCCN=C(N)N)NC(=O)[C@H](CC(N)=O)NC(=O)CCCn3cc(-c4nc(N)nc(N)n4)c(N)nc3=O)C(N)=O)[C@@H](O)[C@H](N)C[C@@H]2N)[C@H](N)[C@@H](O)[C@@H]1O. The smallest absolute Gasteiger partial charge is 0.349 e. The van der Waals surface area contributed by atoms with Crippen molar-refractivity contribution in [2.24, 2.45) is 50.9 Å². The van der Waals surface area contributed by atoms with Crippen molar-refractivity contribution in [1.82, 2.24) is 40.5 Å². The second kappa shape index (κ2) is 30.8. The molecule has 0 aromatic carbocycles. The van der Waals surface area contributed by atoms with Crippen molar-refractivity contribution in [3.63, 3.8) is 0 Å². The van der Waals surface area contributed by atoms with Gasteiger partial charge in [0, 0.05) is 62.4 Å². The molecule has 1 aliphatic carbocycles. The van der Waals surface area contributed by atoms with E-state index in [-0.39, 0.29) is 99.2 Å². The van der Waals surface area contributed by atoms with Gasteiger partial charge < -0.3 is 109 Å². The first-order chi connectivity index (χ1) is 36.0. The fourth-order valence-electron chi connectivity index (χ4n) is 8.04. The Morgan fingerprint density at radius 1 is 0.803 bits per heavy atom. The maximum atomic E-state index is 13.7. The zero-order valence-corrected chi connectivity index (χ0v) is 43.4. The molecule has 0 spiro atoms. The number of aromatic nitrogens is 5. The van der Waals surface area contributed by atoms with Crippen LogP contribution in [0.3, 0.4) is 0 Å². The van der Waals surface area contributed by atoms with E-state index in [0.29, 0.717) is 12.2 Å². The van der Waals surface area contributed by atoms with Gasteiger partial charge in [-0.05, 0) is 38.5 Å². The molecule has 28 N–H and O–H groups in total. The van der Waals surface area contributed by atoms with Crippen LogP contribution in [0, 0.1) is 0 Å². The Hall–Kier alpha value is -5.79. The number of carbonyl (C=O) groups excluding carboxylic acids is 5. The lowest BCUT2D eigenvalue weighted by Crippen LogP contribution is -2.67. The fourth-order valence-corrected chi connectivity index (χ4v) is 10.4. The van der Waals surface area contributed by atoms with E-state index in [1.807, 2.05) is 0 Å². The van der Waals surface area contributed by atoms with E-state index in [0.717, 1.165) is 23.8 Å².